The van der Waals surface area contributed by atoms with Crippen LogP contribution in [-0.4, -0.2) is 31.9 Å². The zero-order valence-electron chi connectivity index (χ0n) is 10.6. The molecule has 0 radical (unpaired) electrons. The predicted octanol–water partition coefficient (Wildman–Crippen LogP) is 2.11. The first-order valence-corrected chi connectivity index (χ1v) is 8.01. The molecule has 5 nitrogen and oxygen atoms in total. The first-order chi connectivity index (χ1) is 8.88. The number of aromatic carboxylic acids is 1. The van der Waals surface area contributed by atoms with Crippen LogP contribution in [0.3, 0.4) is 0 Å². The number of carbonyl (C=O) groups is 1. The Hall–Kier alpha value is -1.56. The van der Waals surface area contributed by atoms with Crippen molar-refractivity contribution >= 4 is 15.8 Å². The molecule has 0 saturated heterocycles. The minimum Gasteiger partial charge on any atom is -0.490 e. The minimum absolute atomic E-state index is 0.0105. The number of carboxylic acids is 1. The molecule has 1 aromatic carbocycles. The van der Waals surface area contributed by atoms with Crippen molar-refractivity contribution in [2.24, 2.45) is 0 Å². The molecular weight excluding hydrogens is 268 g/mol. The van der Waals surface area contributed by atoms with Crippen LogP contribution in [0.25, 0.3) is 0 Å². The predicted molar refractivity (Wildman–Crippen MR) is 69.4 cm³/mol. The Morgan fingerprint density at radius 3 is 2.47 bits per heavy atom. The molecule has 0 heterocycles. The summed E-state index contributed by atoms with van der Waals surface area (Å²) >= 11 is 0. The maximum atomic E-state index is 11.4. The summed E-state index contributed by atoms with van der Waals surface area (Å²) in [6.07, 6.45) is 5.05. The standard InChI is InChI=1S/C13H16O5S/c1-19(16,17)10-6-7-12(11(8-10)13(14)15)18-9-4-2-3-5-9/h6-9H,2-5H2,1H3,(H,14,15). The van der Waals surface area contributed by atoms with E-state index in [1.165, 1.54) is 12.1 Å². The maximum absolute atomic E-state index is 11.4. The van der Waals surface area contributed by atoms with Gasteiger partial charge in [-0.15, -0.1) is 0 Å². The van der Waals surface area contributed by atoms with Gasteiger partial charge in [-0.2, -0.15) is 0 Å². The van der Waals surface area contributed by atoms with Crippen molar-refractivity contribution in [3.63, 3.8) is 0 Å². The lowest BCUT2D eigenvalue weighted by atomic mass is 10.2. The van der Waals surface area contributed by atoms with Crippen LogP contribution in [0.2, 0.25) is 0 Å². The van der Waals surface area contributed by atoms with E-state index >= 15 is 0 Å². The fraction of sp³-hybridized carbons (Fsp3) is 0.462. The number of hydrogen-bond acceptors (Lipinski definition) is 4. The third-order valence-electron chi connectivity index (χ3n) is 3.21. The Labute approximate surface area is 112 Å². The van der Waals surface area contributed by atoms with Crippen LogP contribution in [0.1, 0.15) is 36.0 Å². The summed E-state index contributed by atoms with van der Waals surface area (Å²) in [5, 5.41) is 9.15. The topological polar surface area (TPSA) is 80.7 Å². The highest BCUT2D eigenvalue weighted by Gasteiger charge is 2.21. The Morgan fingerprint density at radius 1 is 1.32 bits per heavy atom. The van der Waals surface area contributed by atoms with E-state index in [4.69, 9.17) is 9.84 Å². The second-order valence-electron chi connectivity index (χ2n) is 4.76. The van der Waals surface area contributed by atoms with Crippen molar-refractivity contribution in [2.75, 3.05) is 6.26 Å². The Balaban J connectivity index is 2.35. The van der Waals surface area contributed by atoms with Gasteiger partial charge in [-0.05, 0) is 43.9 Å². The molecule has 0 aromatic heterocycles. The zero-order valence-corrected chi connectivity index (χ0v) is 11.4. The van der Waals surface area contributed by atoms with Crippen molar-refractivity contribution in [1.82, 2.24) is 0 Å². The highest BCUT2D eigenvalue weighted by Crippen LogP contribution is 2.28. The van der Waals surface area contributed by atoms with E-state index in [9.17, 15) is 13.2 Å². The van der Waals surface area contributed by atoms with Gasteiger partial charge in [-0.1, -0.05) is 0 Å². The second-order valence-corrected chi connectivity index (χ2v) is 6.78. The molecule has 0 bridgehead atoms. The normalized spacial score (nSPS) is 16.5. The fourth-order valence-corrected chi connectivity index (χ4v) is 2.84. The molecule has 104 valence electrons. The summed E-state index contributed by atoms with van der Waals surface area (Å²) < 4.78 is 28.5. The van der Waals surface area contributed by atoms with Crippen molar-refractivity contribution in [3.05, 3.63) is 23.8 Å². The SMILES string of the molecule is CS(=O)(=O)c1ccc(OC2CCCC2)c(C(=O)O)c1. The summed E-state index contributed by atoms with van der Waals surface area (Å²) in [5.41, 5.74) is -0.102. The van der Waals surface area contributed by atoms with E-state index in [-0.39, 0.29) is 22.3 Å². The number of sulfone groups is 1. The molecule has 19 heavy (non-hydrogen) atoms. The van der Waals surface area contributed by atoms with Crippen LogP contribution >= 0.6 is 0 Å². The molecule has 1 saturated carbocycles. The van der Waals surface area contributed by atoms with Gasteiger partial charge < -0.3 is 9.84 Å². The van der Waals surface area contributed by atoms with Gasteiger partial charge >= 0.3 is 5.97 Å². The summed E-state index contributed by atoms with van der Waals surface area (Å²) in [7, 11) is -3.42. The van der Waals surface area contributed by atoms with Gasteiger partial charge in [0.05, 0.1) is 11.0 Å². The highest BCUT2D eigenvalue weighted by atomic mass is 32.2. The maximum Gasteiger partial charge on any atom is 0.339 e. The monoisotopic (exact) mass is 284 g/mol. The van der Waals surface area contributed by atoms with Gasteiger partial charge in [-0.25, -0.2) is 13.2 Å². The molecule has 1 aliphatic rings. The van der Waals surface area contributed by atoms with E-state index in [1.807, 2.05) is 0 Å². The lowest BCUT2D eigenvalue weighted by Gasteiger charge is -2.15. The Morgan fingerprint density at radius 2 is 1.95 bits per heavy atom. The van der Waals surface area contributed by atoms with Crippen molar-refractivity contribution in [2.45, 2.75) is 36.7 Å². The number of carboxylic acid groups (broad SMARTS) is 1. The quantitative estimate of drug-likeness (QED) is 0.915. The minimum atomic E-state index is -3.42. The molecule has 0 amide bonds. The van der Waals surface area contributed by atoms with Crippen LogP contribution in [0.4, 0.5) is 0 Å². The van der Waals surface area contributed by atoms with Crippen LogP contribution in [-0.2, 0) is 9.84 Å². The summed E-state index contributed by atoms with van der Waals surface area (Å²) in [6, 6.07) is 3.96. The van der Waals surface area contributed by atoms with E-state index in [1.54, 1.807) is 0 Å². The third-order valence-corrected chi connectivity index (χ3v) is 4.32. The number of benzene rings is 1. The van der Waals surface area contributed by atoms with E-state index in [2.05, 4.69) is 0 Å². The van der Waals surface area contributed by atoms with Crippen molar-refractivity contribution in [1.29, 1.82) is 0 Å². The van der Waals surface area contributed by atoms with Gasteiger partial charge in [0.25, 0.3) is 0 Å². The summed E-state index contributed by atoms with van der Waals surface area (Å²) in [5.74, 6) is -0.940. The molecule has 1 aromatic rings. The molecule has 1 aliphatic carbocycles. The summed E-state index contributed by atoms with van der Waals surface area (Å²) in [4.78, 5) is 11.2. The van der Waals surface area contributed by atoms with E-state index < -0.39 is 15.8 Å². The molecule has 1 N–H and O–H groups in total. The average molecular weight is 284 g/mol. The van der Waals surface area contributed by atoms with E-state index in [0.717, 1.165) is 38.0 Å². The zero-order chi connectivity index (χ0) is 14.0. The lowest BCUT2D eigenvalue weighted by molar-refractivity contribution is 0.0689. The van der Waals surface area contributed by atoms with E-state index in [0.29, 0.717) is 0 Å². The smallest absolute Gasteiger partial charge is 0.339 e. The molecule has 0 unspecified atom stereocenters. The number of hydrogen-bond donors (Lipinski definition) is 1. The first kappa shape index (κ1) is 13.9. The third kappa shape index (κ3) is 3.26. The second kappa shape index (κ2) is 5.21. The van der Waals surface area contributed by atoms with Crippen molar-refractivity contribution in [3.8, 4) is 5.75 Å². The highest BCUT2D eigenvalue weighted by molar-refractivity contribution is 7.90. The van der Waals surface area contributed by atoms with Gasteiger partial charge in [0.15, 0.2) is 9.84 Å². The van der Waals surface area contributed by atoms with Gasteiger partial charge in [0.1, 0.15) is 11.3 Å². The van der Waals surface area contributed by atoms with Crippen LogP contribution in [0.5, 0.6) is 5.75 Å². The Bertz CT molecular complexity index is 585. The molecular formula is C13H16O5S. The average Bonchev–Trinajstić information content (AvgIpc) is 2.80. The van der Waals surface area contributed by atoms with Crippen LogP contribution in [0.15, 0.2) is 23.1 Å². The van der Waals surface area contributed by atoms with Gasteiger partial charge in [0, 0.05) is 6.26 Å². The summed E-state index contributed by atoms with van der Waals surface area (Å²) in [6.45, 7) is 0. The van der Waals surface area contributed by atoms with Gasteiger partial charge in [0.2, 0.25) is 0 Å². The molecule has 0 atom stereocenters. The lowest BCUT2D eigenvalue weighted by Crippen LogP contribution is -2.14. The molecule has 0 spiro atoms. The van der Waals surface area contributed by atoms with Crippen LogP contribution in [0, 0.1) is 0 Å². The molecule has 0 aliphatic heterocycles. The first-order valence-electron chi connectivity index (χ1n) is 6.12. The largest absolute Gasteiger partial charge is 0.490 e. The Kier molecular flexibility index (Phi) is 3.80. The van der Waals surface area contributed by atoms with Crippen molar-refractivity contribution < 1.29 is 23.1 Å². The molecule has 2 rings (SSSR count). The van der Waals surface area contributed by atoms with Crippen LogP contribution < -0.4 is 4.74 Å². The molecule has 6 heteroatoms. The number of rotatable bonds is 4. The van der Waals surface area contributed by atoms with Gasteiger partial charge in [-0.3, -0.25) is 0 Å². The number of ether oxygens (including phenoxy) is 1. The fourth-order valence-electron chi connectivity index (χ4n) is 2.20. The molecule has 1 fully saturated rings.